The van der Waals surface area contributed by atoms with E-state index in [1.54, 1.807) is 12.1 Å². The normalized spacial score (nSPS) is 26.5. The molecule has 1 N–H and O–H groups in total. The van der Waals surface area contributed by atoms with Crippen molar-refractivity contribution in [3.8, 4) is 5.75 Å². The fourth-order valence-electron chi connectivity index (χ4n) is 5.20. The van der Waals surface area contributed by atoms with Gasteiger partial charge in [-0.15, -0.1) is 0 Å². The average Bonchev–Trinajstić information content (AvgIpc) is 2.93. The standard InChI is InChI=1S/C23H21NO7/c1-13(25)31-15-9-7-14(8-10-15)19-18(24(29)30)11-12-22(2,28)23(19)20(26)16-5-3-4-6-17(16)21(23)27/h3-10,18-19,28H,11-12H2,1-2H3/t18-,19+,22+/m0/s1. The van der Waals surface area contributed by atoms with Crippen LogP contribution in [0.15, 0.2) is 48.5 Å². The first-order valence-corrected chi connectivity index (χ1v) is 9.94. The van der Waals surface area contributed by atoms with Crippen LogP contribution < -0.4 is 4.74 Å². The van der Waals surface area contributed by atoms with Crippen LogP contribution in [0.2, 0.25) is 0 Å². The molecule has 0 unspecified atom stereocenters. The van der Waals surface area contributed by atoms with Gasteiger partial charge in [-0.25, -0.2) is 0 Å². The Morgan fingerprint density at radius 1 is 1.10 bits per heavy atom. The largest absolute Gasteiger partial charge is 0.427 e. The van der Waals surface area contributed by atoms with Crippen LogP contribution in [0.25, 0.3) is 0 Å². The zero-order valence-corrected chi connectivity index (χ0v) is 17.0. The minimum atomic E-state index is -2.02. The van der Waals surface area contributed by atoms with Crippen molar-refractivity contribution in [2.75, 3.05) is 0 Å². The first kappa shape index (κ1) is 20.9. The molecule has 2 aliphatic carbocycles. The van der Waals surface area contributed by atoms with Crippen molar-refractivity contribution in [2.24, 2.45) is 5.41 Å². The Kier molecular flexibility index (Phi) is 4.77. The molecular weight excluding hydrogens is 402 g/mol. The number of esters is 1. The van der Waals surface area contributed by atoms with Crippen LogP contribution in [0, 0.1) is 15.5 Å². The van der Waals surface area contributed by atoms with Crippen LogP contribution >= 0.6 is 0 Å². The summed E-state index contributed by atoms with van der Waals surface area (Å²) in [5.74, 6) is -2.68. The lowest BCUT2D eigenvalue weighted by Crippen LogP contribution is -2.63. The van der Waals surface area contributed by atoms with Crippen LogP contribution in [0.4, 0.5) is 0 Å². The number of fused-ring (bicyclic) bond motifs is 1. The van der Waals surface area contributed by atoms with E-state index in [0.717, 1.165) is 0 Å². The van der Waals surface area contributed by atoms with Crippen LogP contribution in [0.5, 0.6) is 5.75 Å². The molecule has 0 bridgehead atoms. The minimum Gasteiger partial charge on any atom is -0.427 e. The molecule has 4 rings (SSSR count). The number of hydrogen-bond acceptors (Lipinski definition) is 7. The van der Waals surface area contributed by atoms with Gasteiger partial charge in [0.1, 0.15) is 11.2 Å². The highest BCUT2D eigenvalue weighted by Crippen LogP contribution is 2.59. The maximum atomic E-state index is 13.7. The molecule has 0 aliphatic heterocycles. The lowest BCUT2D eigenvalue weighted by molar-refractivity contribution is -0.535. The number of hydrogen-bond donors (Lipinski definition) is 1. The summed E-state index contributed by atoms with van der Waals surface area (Å²) in [4.78, 5) is 50.1. The number of nitrogens with zero attached hydrogens (tertiary/aromatic N) is 1. The lowest BCUT2D eigenvalue weighted by Gasteiger charge is -2.49. The van der Waals surface area contributed by atoms with E-state index in [-0.39, 0.29) is 29.7 Å². The molecule has 1 saturated carbocycles. The summed E-state index contributed by atoms with van der Waals surface area (Å²) in [6, 6.07) is 10.9. The number of nitro groups is 1. The Hall–Kier alpha value is -3.39. The Balaban J connectivity index is 1.94. The van der Waals surface area contributed by atoms with Gasteiger partial charge >= 0.3 is 5.97 Å². The van der Waals surface area contributed by atoms with E-state index < -0.39 is 45.4 Å². The van der Waals surface area contributed by atoms with E-state index in [2.05, 4.69) is 0 Å². The summed E-state index contributed by atoms with van der Waals surface area (Å²) in [5.41, 5.74) is -3.12. The quantitative estimate of drug-likeness (QED) is 0.265. The SMILES string of the molecule is CC(=O)Oc1ccc([C@@H]2[C@@H]([N+](=O)[O-])CC[C@@](C)(O)C23C(=O)c2ccccc2C3=O)cc1. The zero-order valence-electron chi connectivity index (χ0n) is 17.0. The van der Waals surface area contributed by atoms with Gasteiger partial charge in [0.05, 0.1) is 11.5 Å². The molecule has 2 aromatic carbocycles. The molecule has 0 saturated heterocycles. The van der Waals surface area contributed by atoms with Gasteiger partial charge in [-0.1, -0.05) is 36.4 Å². The Labute approximate surface area is 178 Å². The van der Waals surface area contributed by atoms with E-state index in [1.807, 2.05) is 0 Å². The number of benzene rings is 2. The van der Waals surface area contributed by atoms with Crippen LogP contribution in [0.3, 0.4) is 0 Å². The first-order chi connectivity index (χ1) is 14.6. The van der Waals surface area contributed by atoms with Gasteiger partial charge in [0, 0.05) is 29.4 Å². The lowest BCUT2D eigenvalue weighted by atomic mass is 9.52. The molecule has 0 amide bonds. The molecule has 2 aromatic rings. The summed E-state index contributed by atoms with van der Waals surface area (Å²) >= 11 is 0. The highest BCUT2D eigenvalue weighted by Gasteiger charge is 2.72. The van der Waals surface area contributed by atoms with E-state index in [0.29, 0.717) is 5.56 Å². The highest BCUT2D eigenvalue weighted by molar-refractivity contribution is 6.31. The molecule has 0 heterocycles. The van der Waals surface area contributed by atoms with Gasteiger partial charge in [-0.3, -0.25) is 24.5 Å². The van der Waals surface area contributed by atoms with Crippen LogP contribution in [-0.4, -0.2) is 39.2 Å². The Morgan fingerprint density at radius 3 is 2.13 bits per heavy atom. The molecule has 0 radical (unpaired) electrons. The van der Waals surface area contributed by atoms with Gasteiger partial charge in [0.25, 0.3) is 0 Å². The molecule has 1 spiro atoms. The third-order valence-electron chi connectivity index (χ3n) is 6.53. The number of rotatable bonds is 3. The predicted molar refractivity (Wildman–Crippen MR) is 109 cm³/mol. The second-order valence-corrected chi connectivity index (χ2v) is 8.32. The topological polar surface area (TPSA) is 124 Å². The van der Waals surface area contributed by atoms with Crippen molar-refractivity contribution >= 4 is 17.5 Å². The maximum Gasteiger partial charge on any atom is 0.308 e. The number of Topliss-reactive ketones (excluding diaryl/α,β-unsaturated/α-hetero) is 2. The highest BCUT2D eigenvalue weighted by atomic mass is 16.6. The van der Waals surface area contributed by atoms with E-state index in [9.17, 15) is 29.6 Å². The molecule has 2 aliphatic rings. The second-order valence-electron chi connectivity index (χ2n) is 8.32. The molecule has 8 nitrogen and oxygen atoms in total. The Bertz CT molecular complexity index is 1070. The van der Waals surface area contributed by atoms with Crippen LogP contribution in [0.1, 0.15) is 58.9 Å². The predicted octanol–water partition coefficient (Wildman–Crippen LogP) is 2.95. The molecular formula is C23H21NO7. The summed E-state index contributed by atoms with van der Waals surface area (Å²) in [5, 5.41) is 23.4. The second kappa shape index (κ2) is 7.09. The summed E-state index contributed by atoms with van der Waals surface area (Å²) in [6.45, 7) is 2.65. The van der Waals surface area contributed by atoms with Crippen molar-refractivity contribution in [3.63, 3.8) is 0 Å². The Morgan fingerprint density at radius 2 is 1.65 bits per heavy atom. The third-order valence-corrected chi connectivity index (χ3v) is 6.53. The third kappa shape index (κ3) is 2.90. The van der Waals surface area contributed by atoms with E-state index in [1.165, 1.54) is 50.2 Å². The van der Waals surface area contributed by atoms with Gasteiger partial charge in [0.15, 0.2) is 11.6 Å². The number of ketones is 2. The molecule has 3 atom stereocenters. The van der Waals surface area contributed by atoms with E-state index >= 15 is 0 Å². The smallest absolute Gasteiger partial charge is 0.308 e. The minimum absolute atomic E-state index is 0.00895. The summed E-state index contributed by atoms with van der Waals surface area (Å²) < 4.78 is 5.03. The van der Waals surface area contributed by atoms with Gasteiger partial charge < -0.3 is 9.84 Å². The van der Waals surface area contributed by atoms with Gasteiger partial charge in [0.2, 0.25) is 6.04 Å². The molecule has 160 valence electrons. The van der Waals surface area contributed by atoms with Crippen LogP contribution in [-0.2, 0) is 4.79 Å². The van der Waals surface area contributed by atoms with Crippen molar-refractivity contribution in [2.45, 2.75) is 44.2 Å². The molecule has 1 fully saturated rings. The van der Waals surface area contributed by atoms with Gasteiger partial charge in [-0.05, 0) is 31.0 Å². The van der Waals surface area contributed by atoms with Crippen molar-refractivity contribution in [1.82, 2.24) is 0 Å². The monoisotopic (exact) mass is 423 g/mol. The summed E-state index contributed by atoms with van der Waals surface area (Å²) in [6.07, 6.45) is -0.0544. The molecule has 31 heavy (non-hydrogen) atoms. The summed E-state index contributed by atoms with van der Waals surface area (Å²) in [7, 11) is 0. The molecule has 0 aromatic heterocycles. The van der Waals surface area contributed by atoms with E-state index in [4.69, 9.17) is 4.74 Å². The van der Waals surface area contributed by atoms with Crippen molar-refractivity contribution < 1.29 is 29.2 Å². The number of ether oxygens (including phenoxy) is 1. The number of carbonyl (C=O) groups is 3. The number of carbonyl (C=O) groups excluding carboxylic acids is 3. The zero-order chi connectivity index (χ0) is 22.6. The van der Waals surface area contributed by atoms with Gasteiger partial charge in [-0.2, -0.15) is 0 Å². The maximum absolute atomic E-state index is 13.7. The fraction of sp³-hybridized carbons (Fsp3) is 0.348. The van der Waals surface area contributed by atoms with Crippen molar-refractivity contribution in [3.05, 3.63) is 75.3 Å². The fourth-order valence-corrected chi connectivity index (χ4v) is 5.20. The average molecular weight is 423 g/mol. The first-order valence-electron chi connectivity index (χ1n) is 9.94. The molecule has 8 heteroatoms. The van der Waals surface area contributed by atoms with Crippen molar-refractivity contribution in [1.29, 1.82) is 0 Å². The number of aliphatic hydroxyl groups is 1.